The first kappa shape index (κ1) is 19.5. The number of halogens is 1. The van der Waals surface area contributed by atoms with Crippen LogP contribution >= 0.6 is 22.9 Å². The summed E-state index contributed by atoms with van der Waals surface area (Å²) in [5, 5.41) is 9.38. The van der Waals surface area contributed by atoms with Gasteiger partial charge in [0.25, 0.3) is 0 Å². The zero-order valence-electron chi connectivity index (χ0n) is 14.8. The fourth-order valence-electron chi connectivity index (χ4n) is 1.98. The standard InChI is InChI=1S/C18H24ClN3O2S/c1-18(2,3)15-12-25-16(22-15)8-9-20-17(23)21-10-11-24-14-6-4-13(19)5-7-14/h4-7,12H,8-11H2,1-3H3,(H2,20,21,23). The molecule has 0 aliphatic rings. The molecule has 0 unspecified atom stereocenters. The van der Waals surface area contributed by atoms with Crippen molar-refractivity contribution in [3.05, 3.63) is 45.4 Å². The van der Waals surface area contributed by atoms with Gasteiger partial charge < -0.3 is 15.4 Å². The summed E-state index contributed by atoms with van der Waals surface area (Å²) >= 11 is 7.44. The minimum Gasteiger partial charge on any atom is -0.492 e. The van der Waals surface area contributed by atoms with Crippen LogP contribution in [-0.2, 0) is 11.8 Å². The second-order valence-corrected chi connectivity index (χ2v) is 7.99. The number of nitrogens with zero attached hydrogens (tertiary/aromatic N) is 1. The van der Waals surface area contributed by atoms with Crippen LogP contribution in [-0.4, -0.2) is 30.7 Å². The molecule has 7 heteroatoms. The molecule has 0 bridgehead atoms. The Hall–Kier alpha value is -1.79. The molecule has 0 saturated carbocycles. The Kier molecular flexibility index (Phi) is 7.08. The summed E-state index contributed by atoms with van der Waals surface area (Å²) in [5.41, 5.74) is 1.15. The predicted molar refractivity (Wildman–Crippen MR) is 103 cm³/mol. The van der Waals surface area contributed by atoms with Crippen molar-refractivity contribution < 1.29 is 9.53 Å². The van der Waals surface area contributed by atoms with Crippen LogP contribution in [0.15, 0.2) is 29.6 Å². The largest absolute Gasteiger partial charge is 0.492 e. The van der Waals surface area contributed by atoms with Crippen LogP contribution in [0.1, 0.15) is 31.5 Å². The van der Waals surface area contributed by atoms with Crippen molar-refractivity contribution in [2.24, 2.45) is 0 Å². The third-order valence-corrected chi connectivity index (χ3v) is 4.58. The molecule has 2 rings (SSSR count). The van der Waals surface area contributed by atoms with Gasteiger partial charge in [-0.1, -0.05) is 32.4 Å². The van der Waals surface area contributed by atoms with Crippen molar-refractivity contribution in [2.75, 3.05) is 19.7 Å². The van der Waals surface area contributed by atoms with Gasteiger partial charge in [-0.2, -0.15) is 0 Å². The molecular formula is C18H24ClN3O2S. The van der Waals surface area contributed by atoms with Gasteiger partial charge in [0, 0.05) is 28.8 Å². The number of thiazole rings is 1. The quantitative estimate of drug-likeness (QED) is 0.712. The van der Waals surface area contributed by atoms with E-state index in [0.29, 0.717) is 24.7 Å². The van der Waals surface area contributed by atoms with Crippen molar-refractivity contribution in [2.45, 2.75) is 32.6 Å². The fourth-order valence-corrected chi connectivity index (χ4v) is 3.13. The highest BCUT2D eigenvalue weighted by Crippen LogP contribution is 2.23. The molecular weight excluding hydrogens is 358 g/mol. The molecule has 1 aromatic heterocycles. The van der Waals surface area contributed by atoms with Gasteiger partial charge in [0.05, 0.1) is 17.2 Å². The van der Waals surface area contributed by atoms with Gasteiger partial charge in [0.2, 0.25) is 0 Å². The van der Waals surface area contributed by atoms with Gasteiger partial charge in [-0.15, -0.1) is 11.3 Å². The molecule has 0 aliphatic heterocycles. The summed E-state index contributed by atoms with van der Waals surface area (Å²) < 4.78 is 5.51. The lowest BCUT2D eigenvalue weighted by atomic mass is 9.93. The summed E-state index contributed by atoms with van der Waals surface area (Å²) in [7, 11) is 0. The zero-order valence-corrected chi connectivity index (χ0v) is 16.3. The summed E-state index contributed by atoms with van der Waals surface area (Å²) in [4.78, 5) is 16.4. The van der Waals surface area contributed by atoms with Gasteiger partial charge in [0.1, 0.15) is 12.4 Å². The van der Waals surface area contributed by atoms with E-state index in [4.69, 9.17) is 16.3 Å². The normalized spacial score (nSPS) is 11.2. The number of hydrogen-bond acceptors (Lipinski definition) is 4. The van der Waals surface area contributed by atoms with Crippen LogP contribution in [0.5, 0.6) is 5.75 Å². The second-order valence-electron chi connectivity index (χ2n) is 6.61. The van der Waals surface area contributed by atoms with Crippen molar-refractivity contribution in [1.82, 2.24) is 15.6 Å². The first-order valence-corrected chi connectivity index (χ1v) is 9.45. The number of aromatic nitrogens is 1. The summed E-state index contributed by atoms with van der Waals surface area (Å²) in [6.07, 6.45) is 0.732. The Balaban J connectivity index is 1.59. The van der Waals surface area contributed by atoms with Crippen LogP contribution in [0.4, 0.5) is 4.79 Å². The third kappa shape index (κ3) is 6.92. The maximum absolute atomic E-state index is 11.7. The molecule has 0 aliphatic carbocycles. The molecule has 0 spiro atoms. The van der Waals surface area contributed by atoms with Crippen LogP contribution in [0.25, 0.3) is 0 Å². The molecule has 25 heavy (non-hydrogen) atoms. The smallest absolute Gasteiger partial charge is 0.314 e. The van der Waals surface area contributed by atoms with Gasteiger partial charge in [-0.3, -0.25) is 0 Å². The molecule has 1 heterocycles. The lowest BCUT2D eigenvalue weighted by Gasteiger charge is -2.14. The Labute approximate surface area is 157 Å². The fraction of sp³-hybridized carbons (Fsp3) is 0.444. The summed E-state index contributed by atoms with van der Waals surface area (Å²) in [5.74, 6) is 0.727. The number of nitrogens with one attached hydrogen (secondary N) is 2. The van der Waals surface area contributed by atoms with Gasteiger partial charge >= 0.3 is 6.03 Å². The van der Waals surface area contributed by atoms with Crippen LogP contribution in [0.3, 0.4) is 0 Å². The average Bonchev–Trinajstić information content (AvgIpc) is 3.02. The van der Waals surface area contributed by atoms with E-state index in [9.17, 15) is 4.79 Å². The number of ether oxygens (including phenoxy) is 1. The van der Waals surface area contributed by atoms with E-state index in [0.717, 1.165) is 22.9 Å². The zero-order chi connectivity index (χ0) is 18.3. The SMILES string of the molecule is CC(C)(C)c1csc(CCNC(=O)NCCOc2ccc(Cl)cc2)n1. The number of carbonyl (C=O) groups excluding carboxylic acids is 1. The molecule has 2 N–H and O–H groups in total. The summed E-state index contributed by atoms with van der Waals surface area (Å²) in [6.45, 7) is 7.81. The average molecular weight is 382 g/mol. The minimum atomic E-state index is -0.202. The van der Waals surface area contributed by atoms with E-state index in [1.807, 2.05) is 0 Å². The minimum absolute atomic E-state index is 0.0592. The monoisotopic (exact) mass is 381 g/mol. The van der Waals surface area contributed by atoms with Crippen LogP contribution in [0, 0.1) is 0 Å². The lowest BCUT2D eigenvalue weighted by molar-refractivity contribution is 0.236. The van der Waals surface area contributed by atoms with Gasteiger partial charge in [0.15, 0.2) is 0 Å². The Bertz CT molecular complexity index is 680. The molecule has 2 amide bonds. The number of benzene rings is 1. The molecule has 136 valence electrons. The molecule has 0 fully saturated rings. The van der Waals surface area contributed by atoms with Gasteiger partial charge in [-0.05, 0) is 24.3 Å². The highest BCUT2D eigenvalue weighted by Gasteiger charge is 2.17. The van der Waals surface area contributed by atoms with E-state index < -0.39 is 0 Å². The van der Waals surface area contributed by atoms with Crippen LogP contribution < -0.4 is 15.4 Å². The maximum atomic E-state index is 11.7. The Morgan fingerprint density at radius 3 is 2.52 bits per heavy atom. The van der Waals surface area contributed by atoms with Crippen LogP contribution in [0.2, 0.25) is 5.02 Å². The van der Waals surface area contributed by atoms with Crippen molar-refractivity contribution in [3.8, 4) is 5.75 Å². The van der Waals surface area contributed by atoms with E-state index in [-0.39, 0.29) is 11.4 Å². The van der Waals surface area contributed by atoms with Crippen molar-refractivity contribution >= 4 is 29.0 Å². The summed E-state index contributed by atoms with van der Waals surface area (Å²) in [6, 6.07) is 6.92. The molecule has 2 aromatic rings. The Morgan fingerprint density at radius 2 is 1.88 bits per heavy atom. The van der Waals surface area contributed by atoms with Gasteiger partial charge in [-0.25, -0.2) is 9.78 Å². The highest BCUT2D eigenvalue weighted by atomic mass is 35.5. The first-order chi connectivity index (χ1) is 11.8. The molecule has 0 saturated heterocycles. The Morgan fingerprint density at radius 1 is 1.20 bits per heavy atom. The topological polar surface area (TPSA) is 63.2 Å². The number of urea groups is 1. The molecule has 0 atom stereocenters. The van der Waals surface area contributed by atoms with E-state index in [1.54, 1.807) is 35.6 Å². The lowest BCUT2D eigenvalue weighted by Crippen LogP contribution is -2.38. The van der Waals surface area contributed by atoms with Crippen molar-refractivity contribution in [3.63, 3.8) is 0 Å². The molecule has 1 aromatic carbocycles. The predicted octanol–water partition coefficient (Wildman–Crippen LogP) is 4.01. The number of amides is 2. The molecule has 5 nitrogen and oxygen atoms in total. The maximum Gasteiger partial charge on any atom is 0.314 e. The number of carbonyl (C=O) groups is 1. The number of hydrogen-bond donors (Lipinski definition) is 2. The third-order valence-electron chi connectivity index (χ3n) is 3.41. The van der Waals surface area contributed by atoms with E-state index >= 15 is 0 Å². The number of rotatable bonds is 7. The van der Waals surface area contributed by atoms with Crippen molar-refractivity contribution in [1.29, 1.82) is 0 Å². The molecule has 0 radical (unpaired) electrons. The highest BCUT2D eigenvalue weighted by molar-refractivity contribution is 7.09. The van der Waals surface area contributed by atoms with E-state index in [2.05, 4.69) is 41.8 Å². The first-order valence-electron chi connectivity index (χ1n) is 8.19. The second kappa shape index (κ2) is 9.06. The van der Waals surface area contributed by atoms with E-state index in [1.165, 1.54) is 0 Å².